The quantitative estimate of drug-likeness (QED) is 0.944. The molecule has 17 heavy (non-hydrogen) atoms. The molecule has 0 aliphatic rings. The largest absolute Gasteiger partial charge is 0.497 e. The normalized spacial score (nSPS) is 10.5. The van der Waals surface area contributed by atoms with Crippen LogP contribution in [-0.4, -0.2) is 12.3 Å². The molecule has 0 unspecified atom stereocenters. The number of aromatic nitrogens is 1. The van der Waals surface area contributed by atoms with Gasteiger partial charge in [0.25, 0.3) is 0 Å². The van der Waals surface area contributed by atoms with Crippen LogP contribution in [0.5, 0.6) is 5.75 Å². The molecule has 0 fully saturated rings. The van der Waals surface area contributed by atoms with Crippen LogP contribution in [0.2, 0.25) is 0 Å². The van der Waals surface area contributed by atoms with Crippen LogP contribution in [-0.2, 0) is 6.42 Å². The number of rotatable bonds is 3. The molecule has 0 amide bonds. The third kappa shape index (κ3) is 2.15. The highest BCUT2D eigenvalue weighted by molar-refractivity contribution is 9.10. The molecule has 1 aromatic carbocycles. The smallest absolute Gasteiger partial charge is 0.173 e. The van der Waals surface area contributed by atoms with E-state index in [9.17, 15) is 0 Å². The lowest BCUT2D eigenvalue weighted by Gasteiger charge is -2.05. The van der Waals surface area contributed by atoms with Gasteiger partial charge in [0, 0.05) is 15.6 Å². The first-order chi connectivity index (χ1) is 8.17. The Morgan fingerprint density at radius 2 is 2.24 bits per heavy atom. The predicted molar refractivity (Wildman–Crippen MR) is 70.0 cm³/mol. The molecule has 4 nitrogen and oxygen atoms in total. The van der Waals surface area contributed by atoms with Gasteiger partial charge < -0.3 is 15.0 Å². The van der Waals surface area contributed by atoms with Crippen molar-refractivity contribution in [3.05, 3.63) is 28.2 Å². The maximum Gasteiger partial charge on any atom is 0.173 e. The van der Waals surface area contributed by atoms with Crippen LogP contribution in [0.25, 0.3) is 11.3 Å². The van der Waals surface area contributed by atoms with E-state index in [-0.39, 0.29) is 0 Å². The van der Waals surface area contributed by atoms with Crippen molar-refractivity contribution >= 4 is 21.7 Å². The van der Waals surface area contributed by atoms with E-state index in [1.807, 2.05) is 25.1 Å². The molecule has 1 heterocycles. The molecule has 90 valence electrons. The molecule has 1 aromatic heterocycles. The zero-order valence-electron chi connectivity index (χ0n) is 9.66. The summed E-state index contributed by atoms with van der Waals surface area (Å²) in [5.74, 6) is 1.90. The molecular formula is C12H13BrN2O2. The summed E-state index contributed by atoms with van der Waals surface area (Å²) in [7, 11) is 1.63. The highest BCUT2D eigenvalue weighted by Gasteiger charge is 2.17. The van der Waals surface area contributed by atoms with Crippen LogP contribution >= 0.6 is 15.9 Å². The molecule has 0 saturated heterocycles. The van der Waals surface area contributed by atoms with E-state index in [0.717, 1.165) is 27.8 Å². The number of nitrogens with two attached hydrogens (primary N) is 1. The number of anilines is 1. The summed E-state index contributed by atoms with van der Waals surface area (Å²) in [4.78, 5) is 0. The summed E-state index contributed by atoms with van der Waals surface area (Å²) in [6, 6.07) is 5.68. The maximum absolute atomic E-state index is 5.76. The Hall–Kier alpha value is -1.49. The fourth-order valence-electron chi connectivity index (χ4n) is 1.68. The van der Waals surface area contributed by atoms with Gasteiger partial charge in [0.1, 0.15) is 5.75 Å². The van der Waals surface area contributed by atoms with Gasteiger partial charge in [0.05, 0.1) is 7.11 Å². The first-order valence-electron chi connectivity index (χ1n) is 5.25. The third-order valence-electron chi connectivity index (χ3n) is 2.59. The lowest BCUT2D eigenvalue weighted by molar-refractivity contribution is 0.413. The molecule has 0 radical (unpaired) electrons. The number of halogens is 1. The molecule has 0 atom stereocenters. The van der Waals surface area contributed by atoms with E-state index in [1.165, 1.54) is 0 Å². The summed E-state index contributed by atoms with van der Waals surface area (Å²) in [5.41, 5.74) is 7.57. The molecule has 2 rings (SSSR count). The van der Waals surface area contributed by atoms with Gasteiger partial charge in [-0.15, -0.1) is 0 Å². The summed E-state index contributed by atoms with van der Waals surface area (Å²) >= 11 is 3.48. The maximum atomic E-state index is 5.76. The summed E-state index contributed by atoms with van der Waals surface area (Å²) < 4.78 is 11.4. The minimum atomic E-state index is 0.442. The van der Waals surface area contributed by atoms with Crippen molar-refractivity contribution in [3.8, 4) is 17.1 Å². The zero-order valence-corrected chi connectivity index (χ0v) is 11.2. The van der Waals surface area contributed by atoms with Crippen molar-refractivity contribution < 1.29 is 9.26 Å². The standard InChI is InChI=1S/C12H13BrN2O2/c1-3-8-11(17-15-12(8)14)9-6-7(16-2)4-5-10(9)13/h4-6H,3H2,1-2H3,(H2,14,15). The number of benzene rings is 1. The SMILES string of the molecule is CCc1c(N)noc1-c1cc(OC)ccc1Br. The van der Waals surface area contributed by atoms with Gasteiger partial charge >= 0.3 is 0 Å². The average molecular weight is 297 g/mol. The van der Waals surface area contributed by atoms with Crippen LogP contribution in [0, 0.1) is 0 Å². The van der Waals surface area contributed by atoms with Crippen molar-refractivity contribution in [3.63, 3.8) is 0 Å². The van der Waals surface area contributed by atoms with Crippen LogP contribution in [0.4, 0.5) is 5.82 Å². The number of nitrogen functional groups attached to an aromatic ring is 1. The Bertz CT molecular complexity index is 537. The number of hydrogen-bond acceptors (Lipinski definition) is 4. The lowest BCUT2D eigenvalue weighted by Crippen LogP contribution is -1.91. The minimum absolute atomic E-state index is 0.442. The second-order valence-corrected chi connectivity index (χ2v) is 4.43. The van der Waals surface area contributed by atoms with Gasteiger partial charge in [-0.3, -0.25) is 0 Å². The Kier molecular flexibility index (Phi) is 3.38. The third-order valence-corrected chi connectivity index (χ3v) is 3.28. The highest BCUT2D eigenvalue weighted by Crippen LogP contribution is 2.35. The second kappa shape index (κ2) is 4.79. The van der Waals surface area contributed by atoms with E-state index < -0.39 is 0 Å². The predicted octanol–water partition coefficient (Wildman–Crippen LogP) is 3.26. The zero-order chi connectivity index (χ0) is 12.4. The molecular weight excluding hydrogens is 284 g/mol. The molecule has 0 spiro atoms. The Labute approximate surface area is 108 Å². The van der Waals surface area contributed by atoms with Crippen molar-refractivity contribution in [1.82, 2.24) is 5.16 Å². The van der Waals surface area contributed by atoms with Crippen molar-refractivity contribution in [2.24, 2.45) is 0 Å². The Morgan fingerprint density at radius 1 is 1.47 bits per heavy atom. The van der Waals surface area contributed by atoms with E-state index in [2.05, 4.69) is 21.1 Å². The first-order valence-corrected chi connectivity index (χ1v) is 6.04. The van der Waals surface area contributed by atoms with Gasteiger partial charge in [-0.05, 0) is 24.6 Å². The highest BCUT2D eigenvalue weighted by atomic mass is 79.9. The van der Waals surface area contributed by atoms with Crippen LogP contribution in [0.3, 0.4) is 0 Å². The van der Waals surface area contributed by atoms with E-state index in [0.29, 0.717) is 11.6 Å². The van der Waals surface area contributed by atoms with Crippen LogP contribution < -0.4 is 10.5 Å². The topological polar surface area (TPSA) is 61.3 Å². The number of nitrogens with zero attached hydrogens (tertiary/aromatic N) is 1. The fourth-order valence-corrected chi connectivity index (χ4v) is 2.11. The fraction of sp³-hybridized carbons (Fsp3) is 0.250. The summed E-state index contributed by atoms with van der Waals surface area (Å²) in [6.07, 6.45) is 0.772. The number of methoxy groups -OCH3 is 1. The van der Waals surface area contributed by atoms with E-state index in [1.54, 1.807) is 7.11 Å². The Morgan fingerprint density at radius 3 is 2.88 bits per heavy atom. The first kappa shape index (κ1) is 12.0. The van der Waals surface area contributed by atoms with Gasteiger partial charge in [-0.1, -0.05) is 28.0 Å². The van der Waals surface area contributed by atoms with Crippen molar-refractivity contribution in [2.45, 2.75) is 13.3 Å². The monoisotopic (exact) mass is 296 g/mol. The Balaban J connectivity index is 2.59. The molecule has 2 aromatic rings. The van der Waals surface area contributed by atoms with Crippen molar-refractivity contribution in [2.75, 3.05) is 12.8 Å². The number of ether oxygens (including phenoxy) is 1. The van der Waals surface area contributed by atoms with Crippen LogP contribution in [0.1, 0.15) is 12.5 Å². The molecule has 0 aliphatic carbocycles. The summed E-state index contributed by atoms with van der Waals surface area (Å²) in [6.45, 7) is 2.01. The van der Waals surface area contributed by atoms with Crippen LogP contribution in [0.15, 0.2) is 27.2 Å². The van der Waals surface area contributed by atoms with Gasteiger partial charge in [-0.2, -0.15) is 0 Å². The second-order valence-electron chi connectivity index (χ2n) is 3.57. The number of hydrogen-bond donors (Lipinski definition) is 1. The van der Waals surface area contributed by atoms with E-state index >= 15 is 0 Å². The average Bonchev–Trinajstić information content (AvgIpc) is 2.71. The molecule has 0 bridgehead atoms. The summed E-state index contributed by atoms with van der Waals surface area (Å²) in [5, 5.41) is 3.80. The van der Waals surface area contributed by atoms with E-state index in [4.69, 9.17) is 15.0 Å². The van der Waals surface area contributed by atoms with Crippen molar-refractivity contribution in [1.29, 1.82) is 0 Å². The lowest BCUT2D eigenvalue weighted by atomic mass is 10.1. The van der Waals surface area contributed by atoms with Gasteiger partial charge in [0.2, 0.25) is 0 Å². The van der Waals surface area contributed by atoms with Gasteiger partial charge in [0.15, 0.2) is 11.6 Å². The molecule has 0 aliphatic heterocycles. The molecule has 2 N–H and O–H groups in total. The van der Waals surface area contributed by atoms with Gasteiger partial charge in [-0.25, -0.2) is 0 Å². The molecule has 5 heteroatoms. The minimum Gasteiger partial charge on any atom is -0.497 e. The molecule has 0 saturated carbocycles.